The first-order valence-corrected chi connectivity index (χ1v) is 7.61. The predicted octanol–water partition coefficient (Wildman–Crippen LogP) is 2.08. The summed E-state index contributed by atoms with van der Waals surface area (Å²) in [5.74, 6) is 1.04. The molecule has 6 nitrogen and oxygen atoms in total. The summed E-state index contributed by atoms with van der Waals surface area (Å²) in [6, 6.07) is 1.37. The monoisotopic (exact) mass is 292 g/mol. The third-order valence-corrected chi connectivity index (χ3v) is 3.37. The molecule has 1 saturated heterocycles. The molecule has 1 fully saturated rings. The van der Waals surface area contributed by atoms with Gasteiger partial charge in [0.2, 0.25) is 17.7 Å². The number of rotatable bonds is 5. The second-order valence-corrected chi connectivity index (χ2v) is 5.64. The van der Waals surface area contributed by atoms with E-state index in [-0.39, 0.29) is 18.1 Å². The van der Waals surface area contributed by atoms with E-state index < -0.39 is 0 Å². The van der Waals surface area contributed by atoms with Crippen molar-refractivity contribution in [3.63, 3.8) is 0 Å². The summed E-state index contributed by atoms with van der Waals surface area (Å²) in [6.45, 7) is 7.43. The Hall–Kier alpha value is -1.85. The maximum Gasteiger partial charge on any atom is 0.244 e. The van der Waals surface area contributed by atoms with Crippen molar-refractivity contribution in [1.82, 2.24) is 14.9 Å². The number of hydrogen-bond acceptors (Lipinski definition) is 5. The van der Waals surface area contributed by atoms with Gasteiger partial charge in [-0.1, -0.05) is 0 Å². The average Bonchev–Trinajstić information content (AvgIpc) is 2.47. The number of ether oxygens (including phenoxy) is 1. The lowest BCUT2D eigenvalue weighted by molar-refractivity contribution is -0.132. The Kier molecular flexibility index (Phi) is 5.36. The van der Waals surface area contributed by atoms with Crippen molar-refractivity contribution in [1.29, 1.82) is 0 Å². The first-order chi connectivity index (χ1) is 10.1. The second kappa shape index (κ2) is 7.24. The summed E-state index contributed by atoms with van der Waals surface area (Å²) in [7, 11) is 0. The highest BCUT2D eigenvalue weighted by atomic mass is 16.5. The van der Waals surface area contributed by atoms with Crippen LogP contribution in [0.1, 0.15) is 40.0 Å². The molecule has 6 heteroatoms. The molecular weight excluding hydrogens is 268 g/mol. The number of aromatic nitrogens is 2. The smallest absolute Gasteiger partial charge is 0.244 e. The molecule has 1 amide bonds. The molecule has 0 bridgehead atoms. The molecule has 0 saturated carbocycles. The zero-order valence-corrected chi connectivity index (χ0v) is 13.0. The molecule has 1 aliphatic rings. The van der Waals surface area contributed by atoms with Crippen molar-refractivity contribution in [2.45, 2.75) is 52.2 Å². The summed E-state index contributed by atoms with van der Waals surface area (Å²) in [4.78, 5) is 22.7. The van der Waals surface area contributed by atoms with E-state index in [0.717, 1.165) is 25.9 Å². The van der Waals surface area contributed by atoms with Gasteiger partial charge in [-0.05, 0) is 40.0 Å². The molecule has 1 unspecified atom stereocenters. The van der Waals surface area contributed by atoms with Gasteiger partial charge in [0, 0.05) is 25.4 Å². The standard InChI is InChI=1S/C15H24N4O2/c1-11(2)21-13-7-8-16-15(18-13)17-12(3)14(20)19-9-5-4-6-10-19/h7-8,11-12H,4-6,9-10H2,1-3H3,(H,16,17,18). The van der Waals surface area contributed by atoms with Crippen LogP contribution >= 0.6 is 0 Å². The van der Waals surface area contributed by atoms with Crippen molar-refractivity contribution in [2.24, 2.45) is 0 Å². The summed E-state index contributed by atoms with van der Waals surface area (Å²) in [5.41, 5.74) is 0. The Morgan fingerprint density at radius 1 is 1.29 bits per heavy atom. The first kappa shape index (κ1) is 15.5. The lowest BCUT2D eigenvalue weighted by Crippen LogP contribution is -2.44. The summed E-state index contributed by atoms with van der Waals surface area (Å²) in [6.07, 6.45) is 5.08. The summed E-state index contributed by atoms with van der Waals surface area (Å²) in [5, 5.41) is 3.06. The van der Waals surface area contributed by atoms with Crippen LogP contribution in [0.15, 0.2) is 12.3 Å². The van der Waals surface area contributed by atoms with Crippen LogP contribution in [0, 0.1) is 0 Å². The van der Waals surface area contributed by atoms with Gasteiger partial charge >= 0.3 is 0 Å². The molecule has 0 spiro atoms. The quantitative estimate of drug-likeness (QED) is 0.900. The van der Waals surface area contributed by atoms with Crippen LogP contribution < -0.4 is 10.1 Å². The van der Waals surface area contributed by atoms with Gasteiger partial charge in [0.05, 0.1) is 6.10 Å². The third-order valence-electron chi connectivity index (χ3n) is 3.37. The maximum absolute atomic E-state index is 12.3. The molecule has 0 radical (unpaired) electrons. The SMILES string of the molecule is CC(C)Oc1ccnc(NC(C)C(=O)N2CCCCC2)n1. The number of nitrogens with one attached hydrogen (secondary N) is 1. The number of nitrogens with zero attached hydrogens (tertiary/aromatic N) is 3. The lowest BCUT2D eigenvalue weighted by atomic mass is 10.1. The number of amides is 1. The topological polar surface area (TPSA) is 67.3 Å². The largest absolute Gasteiger partial charge is 0.475 e. The molecule has 116 valence electrons. The van der Waals surface area contributed by atoms with Crippen LogP contribution in [0.3, 0.4) is 0 Å². The number of carbonyl (C=O) groups is 1. The van der Waals surface area contributed by atoms with Crippen LogP contribution in [0.4, 0.5) is 5.95 Å². The van der Waals surface area contributed by atoms with Crippen LogP contribution in [-0.4, -0.2) is 46.0 Å². The first-order valence-electron chi connectivity index (χ1n) is 7.61. The van der Waals surface area contributed by atoms with Gasteiger partial charge in [0.25, 0.3) is 0 Å². The zero-order chi connectivity index (χ0) is 15.2. The number of likely N-dealkylation sites (tertiary alicyclic amines) is 1. The van der Waals surface area contributed by atoms with Gasteiger partial charge in [-0.25, -0.2) is 4.98 Å². The molecule has 1 aromatic rings. The number of anilines is 1. The van der Waals surface area contributed by atoms with Crippen LogP contribution in [-0.2, 0) is 4.79 Å². The normalized spacial score (nSPS) is 16.7. The summed E-state index contributed by atoms with van der Waals surface area (Å²) >= 11 is 0. The van der Waals surface area contributed by atoms with Crippen molar-refractivity contribution in [3.8, 4) is 5.88 Å². The minimum absolute atomic E-state index is 0.0557. The fourth-order valence-corrected chi connectivity index (χ4v) is 2.36. The van der Waals surface area contributed by atoms with E-state index in [2.05, 4.69) is 15.3 Å². The van der Waals surface area contributed by atoms with E-state index in [4.69, 9.17) is 4.74 Å². The number of piperidine rings is 1. The van der Waals surface area contributed by atoms with Gasteiger partial charge in [0.1, 0.15) is 6.04 Å². The average molecular weight is 292 g/mol. The lowest BCUT2D eigenvalue weighted by Gasteiger charge is -2.29. The van der Waals surface area contributed by atoms with Crippen molar-refractivity contribution in [2.75, 3.05) is 18.4 Å². The van der Waals surface area contributed by atoms with E-state index in [0.29, 0.717) is 11.8 Å². The Morgan fingerprint density at radius 2 is 2.00 bits per heavy atom. The van der Waals surface area contributed by atoms with E-state index in [1.807, 2.05) is 25.7 Å². The van der Waals surface area contributed by atoms with Crippen molar-refractivity contribution < 1.29 is 9.53 Å². The van der Waals surface area contributed by atoms with Gasteiger partial charge in [-0.2, -0.15) is 4.98 Å². The highest BCUT2D eigenvalue weighted by Gasteiger charge is 2.22. The van der Waals surface area contributed by atoms with Gasteiger partial charge in [-0.3, -0.25) is 4.79 Å². The van der Waals surface area contributed by atoms with Crippen molar-refractivity contribution >= 4 is 11.9 Å². The van der Waals surface area contributed by atoms with E-state index >= 15 is 0 Å². The minimum Gasteiger partial charge on any atom is -0.475 e. The van der Waals surface area contributed by atoms with Crippen LogP contribution in [0.25, 0.3) is 0 Å². The van der Waals surface area contributed by atoms with E-state index in [1.54, 1.807) is 12.3 Å². The molecular formula is C15H24N4O2. The van der Waals surface area contributed by atoms with E-state index in [1.165, 1.54) is 6.42 Å². The maximum atomic E-state index is 12.3. The van der Waals surface area contributed by atoms with Crippen LogP contribution in [0.2, 0.25) is 0 Å². The van der Waals surface area contributed by atoms with Gasteiger partial charge in [-0.15, -0.1) is 0 Å². The molecule has 1 aliphatic heterocycles. The third kappa shape index (κ3) is 4.58. The number of carbonyl (C=O) groups excluding carboxylic acids is 1. The highest BCUT2D eigenvalue weighted by molar-refractivity contribution is 5.83. The second-order valence-electron chi connectivity index (χ2n) is 5.64. The molecule has 0 aromatic carbocycles. The Labute approximate surface area is 125 Å². The van der Waals surface area contributed by atoms with Crippen molar-refractivity contribution in [3.05, 3.63) is 12.3 Å². The molecule has 0 aliphatic carbocycles. The fourth-order valence-electron chi connectivity index (χ4n) is 2.36. The minimum atomic E-state index is -0.336. The highest BCUT2D eigenvalue weighted by Crippen LogP contribution is 2.13. The Bertz CT molecular complexity index is 472. The fraction of sp³-hybridized carbons (Fsp3) is 0.667. The van der Waals surface area contributed by atoms with Crippen LogP contribution in [0.5, 0.6) is 5.88 Å². The Balaban J connectivity index is 1.95. The molecule has 1 N–H and O–H groups in total. The summed E-state index contributed by atoms with van der Waals surface area (Å²) < 4.78 is 5.53. The molecule has 2 heterocycles. The zero-order valence-electron chi connectivity index (χ0n) is 13.0. The van der Waals surface area contributed by atoms with E-state index in [9.17, 15) is 4.79 Å². The molecule has 21 heavy (non-hydrogen) atoms. The molecule has 1 atom stereocenters. The number of hydrogen-bond donors (Lipinski definition) is 1. The van der Waals surface area contributed by atoms with Gasteiger partial charge < -0.3 is 15.0 Å². The van der Waals surface area contributed by atoms with Gasteiger partial charge in [0.15, 0.2) is 0 Å². The molecule has 2 rings (SSSR count). The molecule has 1 aromatic heterocycles. The Morgan fingerprint density at radius 3 is 2.67 bits per heavy atom. The predicted molar refractivity (Wildman–Crippen MR) is 81.3 cm³/mol.